The smallest absolute Gasteiger partial charge is 0.271 e. The summed E-state index contributed by atoms with van der Waals surface area (Å²) < 4.78 is 18.9. The average molecular weight is 623 g/mol. The van der Waals surface area contributed by atoms with Crippen LogP contribution in [0.1, 0.15) is 24.3 Å². The molecule has 45 heavy (non-hydrogen) atoms. The molecule has 2 aromatic heterocycles. The van der Waals surface area contributed by atoms with E-state index in [1.165, 1.54) is 35.1 Å². The molecule has 11 nitrogen and oxygen atoms in total. The Hall–Kier alpha value is -5.75. The van der Waals surface area contributed by atoms with Crippen molar-refractivity contribution in [3.63, 3.8) is 0 Å². The first-order valence-electron chi connectivity index (χ1n) is 13.7. The maximum Gasteiger partial charge on any atom is 0.271 e. The summed E-state index contributed by atoms with van der Waals surface area (Å²) in [5.41, 5.74) is 2.18. The fraction of sp³-hybridized carbons (Fsp3) is 0.121. The number of aromatic nitrogens is 1. The molecule has 1 aliphatic rings. The van der Waals surface area contributed by atoms with Crippen LogP contribution in [0.25, 0.3) is 17.4 Å². The first-order valence-corrected chi connectivity index (χ1v) is 14.5. The molecule has 5 aromatic rings. The summed E-state index contributed by atoms with van der Waals surface area (Å²) in [5.74, 6) is 1.48. The summed E-state index contributed by atoms with van der Waals surface area (Å²) in [6.45, 7) is 1.74. The Bertz CT molecular complexity index is 2150. The molecule has 0 aliphatic carbocycles. The second kappa shape index (κ2) is 12.1. The summed E-state index contributed by atoms with van der Waals surface area (Å²) >= 11 is 1.17. The third-order valence-electron chi connectivity index (χ3n) is 7.30. The summed E-state index contributed by atoms with van der Waals surface area (Å²) in [4.78, 5) is 43.6. The molecule has 0 radical (unpaired) electrons. The monoisotopic (exact) mass is 622 g/mol. The van der Waals surface area contributed by atoms with Crippen molar-refractivity contribution in [1.82, 2.24) is 4.57 Å². The van der Waals surface area contributed by atoms with Crippen LogP contribution in [0.5, 0.6) is 11.5 Å². The lowest BCUT2D eigenvalue weighted by molar-refractivity contribution is -0.384. The number of amides is 1. The van der Waals surface area contributed by atoms with Crippen LogP contribution in [0.4, 0.5) is 11.4 Å². The molecule has 0 fully saturated rings. The number of thiazole rings is 1. The van der Waals surface area contributed by atoms with E-state index in [1.807, 2.05) is 18.2 Å². The number of nitrogens with zero attached hydrogens (tertiary/aromatic N) is 3. The summed E-state index contributed by atoms with van der Waals surface area (Å²) in [6, 6.07) is 22.8. The van der Waals surface area contributed by atoms with Gasteiger partial charge in [0.1, 0.15) is 29.1 Å². The number of carbonyl (C=O) groups is 1. The third-order valence-corrected chi connectivity index (χ3v) is 8.28. The van der Waals surface area contributed by atoms with E-state index in [4.69, 9.17) is 13.9 Å². The van der Waals surface area contributed by atoms with Crippen molar-refractivity contribution >= 4 is 34.7 Å². The van der Waals surface area contributed by atoms with Gasteiger partial charge in [-0.3, -0.25) is 24.3 Å². The van der Waals surface area contributed by atoms with Gasteiger partial charge in [-0.1, -0.05) is 29.5 Å². The molecule has 6 rings (SSSR count). The first-order chi connectivity index (χ1) is 21.8. The normalized spacial score (nSPS) is 14.5. The summed E-state index contributed by atoms with van der Waals surface area (Å²) in [6.07, 6.45) is 1.62. The number of non-ortho nitro benzene ring substituents is 1. The maximum absolute atomic E-state index is 14.1. The number of benzene rings is 3. The van der Waals surface area contributed by atoms with Crippen molar-refractivity contribution in [3.05, 3.63) is 137 Å². The molecule has 1 N–H and O–H groups in total. The van der Waals surface area contributed by atoms with Gasteiger partial charge in [0.15, 0.2) is 4.80 Å². The number of hydrogen-bond donors (Lipinski definition) is 1. The van der Waals surface area contributed by atoms with Crippen LogP contribution in [-0.2, 0) is 4.79 Å². The largest absolute Gasteiger partial charge is 0.497 e. The Morgan fingerprint density at radius 1 is 1.04 bits per heavy atom. The van der Waals surface area contributed by atoms with Crippen LogP contribution < -0.4 is 29.7 Å². The van der Waals surface area contributed by atoms with Gasteiger partial charge in [0.25, 0.3) is 17.2 Å². The lowest BCUT2D eigenvalue weighted by Crippen LogP contribution is -2.40. The zero-order valence-corrected chi connectivity index (χ0v) is 25.2. The molecule has 0 unspecified atom stereocenters. The van der Waals surface area contributed by atoms with Gasteiger partial charge in [-0.05, 0) is 55.5 Å². The molecule has 0 saturated carbocycles. The highest BCUT2D eigenvalue weighted by molar-refractivity contribution is 7.07. The predicted octanol–water partition coefficient (Wildman–Crippen LogP) is 5.06. The van der Waals surface area contributed by atoms with E-state index in [-0.39, 0.29) is 11.2 Å². The number of rotatable bonds is 8. The molecule has 12 heteroatoms. The van der Waals surface area contributed by atoms with E-state index >= 15 is 0 Å². The highest BCUT2D eigenvalue weighted by atomic mass is 32.1. The molecule has 226 valence electrons. The van der Waals surface area contributed by atoms with Gasteiger partial charge in [-0.2, -0.15) is 0 Å². The molecular weight excluding hydrogens is 596 g/mol. The third kappa shape index (κ3) is 5.66. The number of anilines is 1. The van der Waals surface area contributed by atoms with E-state index in [2.05, 4.69) is 10.3 Å². The number of nitrogens with one attached hydrogen (secondary N) is 1. The Labute approximate surface area is 260 Å². The standard InChI is InChI=1S/C33H26N4O7S/c1-19-29(31(38)35-21-7-5-4-6-8-21)30(25-15-13-23(42-2)17-27(25)43-3)36-32(39)28(45-33(36)34-19)18-24-14-16-26(44-24)20-9-11-22(12-10-20)37(40)41/h4-18,30H,1-3H3,(H,35,38)/b28-18-/t30-/m1/s1. The van der Waals surface area contributed by atoms with Gasteiger partial charge in [0.2, 0.25) is 0 Å². The Balaban J connectivity index is 1.46. The Kier molecular flexibility index (Phi) is 7.88. The van der Waals surface area contributed by atoms with Gasteiger partial charge < -0.3 is 19.2 Å². The van der Waals surface area contributed by atoms with Crippen LogP contribution in [0, 0.1) is 10.1 Å². The van der Waals surface area contributed by atoms with E-state index in [9.17, 15) is 19.7 Å². The van der Waals surface area contributed by atoms with E-state index in [1.54, 1.807) is 74.7 Å². The summed E-state index contributed by atoms with van der Waals surface area (Å²) in [5, 5.41) is 13.9. The summed E-state index contributed by atoms with van der Waals surface area (Å²) in [7, 11) is 3.06. The van der Waals surface area contributed by atoms with Crippen LogP contribution in [-0.4, -0.2) is 29.6 Å². The van der Waals surface area contributed by atoms with Crippen molar-refractivity contribution in [2.24, 2.45) is 4.99 Å². The van der Waals surface area contributed by atoms with Crippen molar-refractivity contribution < 1.29 is 23.6 Å². The first kappa shape index (κ1) is 29.3. The molecule has 0 bridgehead atoms. The number of ether oxygens (including phenoxy) is 2. The van der Waals surface area contributed by atoms with Crippen LogP contribution in [0.15, 0.2) is 110 Å². The fourth-order valence-corrected chi connectivity index (χ4v) is 6.16. The molecule has 1 aliphatic heterocycles. The van der Waals surface area contributed by atoms with Crippen molar-refractivity contribution in [3.8, 4) is 22.8 Å². The van der Waals surface area contributed by atoms with Crippen molar-refractivity contribution in [2.45, 2.75) is 13.0 Å². The molecule has 0 spiro atoms. The van der Waals surface area contributed by atoms with E-state index in [0.717, 1.165) is 0 Å². The lowest BCUT2D eigenvalue weighted by atomic mass is 9.94. The molecule has 1 atom stereocenters. The Morgan fingerprint density at radius 2 is 1.80 bits per heavy atom. The zero-order valence-electron chi connectivity index (χ0n) is 24.3. The number of hydrogen-bond acceptors (Lipinski definition) is 9. The second-order valence-corrected chi connectivity index (χ2v) is 11.0. The maximum atomic E-state index is 14.1. The number of methoxy groups -OCH3 is 2. The fourth-order valence-electron chi connectivity index (χ4n) is 5.13. The average Bonchev–Trinajstić information content (AvgIpc) is 3.64. The number of allylic oxidation sites excluding steroid dienone is 1. The van der Waals surface area contributed by atoms with Crippen LogP contribution in [0.3, 0.4) is 0 Å². The minimum absolute atomic E-state index is 0.0261. The molecule has 1 amide bonds. The quantitative estimate of drug-likeness (QED) is 0.189. The Morgan fingerprint density at radius 3 is 2.49 bits per heavy atom. The molecule has 3 heterocycles. The number of carbonyl (C=O) groups excluding carboxylic acids is 1. The zero-order chi connectivity index (χ0) is 31.7. The van der Waals surface area contributed by atoms with Gasteiger partial charge in [0.05, 0.1) is 34.9 Å². The minimum atomic E-state index is -0.861. The number of furan rings is 1. The number of fused-ring (bicyclic) bond motifs is 1. The van der Waals surface area contributed by atoms with Gasteiger partial charge >= 0.3 is 0 Å². The topological polar surface area (TPSA) is 138 Å². The van der Waals surface area contributed by atoms with Crippen LogP contribution in [0.2, 0.25) is 0 Å². The van der Waals surface area contributed by atoms with Gasteiger partial charge in [-0.15, -0.1) is 0 Å². The molecule has 3 aromatic carbocycles. The number of para-hydroxylation sites is 1. The predicted molar refractivity (Wildman–Crippen MR) is 169 cm³/mol. The molecular formula is C33H26N4O7S. The second-order valence-electron chi connectivity index (χ2n) is 10.0. The lowest BCUT2D eigenvalue weighted by Gasteiger charge is -2.26. The van der Waals surface area contributed by atoms with Crippen molar-refractivity contribution in [2.75, 3.05) is 19.5 Å². The molecule has 0 saturated heterocycles. The SMILES string of the molecule is COc1ccc([C@@H]2C(C(=O)Nc3ccccc3)=C(C)N=c3s/c(=C\c4ccc(-c5ccc([N+](=O)[O-])cc5)o4)c(=O)n32)c(OC)c1. The number of nitro benzene ring substituents is 1. The van der Waals surface area contributed by atoms with E-state index < -0.39 is 16.9 Å². The van der Waals surface area contributed by atoms with Gasteiger partial charge in [0, 0.05) is 41.1 Å². The van der Waals surface area contributed by atoms with Gasteiger partial charge in [-0.25, -0.2) is 4.99 Å². The number of nitro groups is 1. The minimum Gasteiger partial charge on any atom is -0.497 e. The van der Waals surface area contributed by atoms with Crippen molar-refractivity contribution in [1.29, 1.82) is 0 Å². The van der Waals surface area contributed by atoms with E-state index in [0.29, 0.717) is 60.4 Å². The highest BCUT2D eigenvalue weighted by Gasteiger charge is 2.34. The van der Waals surface area contributed by atoms with Crippen LogP contribution >= 0.6 is 11.3 Å². The highest BCUT2D eigenvalue weighted by Crippen LogP contribution is 2.37.